The van der Waals surface area contributed by atoms with Gasteiger partial charge in [0.05, 0.1) is 17.7 Å². The molecule has 0 radical (unpaired) electrons. The van der Waals surface area contributed by atoms with Gasteiger partial charge in [0, 0.05) is 50.3 Å². The second kappa shape index (κ2) is 9.34. The number of nitrogens with one attached hydrogen (secondary N) is 1. The van der Waals surface area contributed by atoms with Gasteiger partial charge in [-0.05, 0) is 12.1 Å². The molecular weight excluding hydrogens is 494 g/mol. The summed E-state index contributed by atoms with van der Waals surface area (Å²) in [6.45, 7) is -1.27. The summed E-state index contributed by atoms with van der Waals surface area (Å²) in [7, 11) is -4.21. The van der Waals surface area contributed by atoms with Crippen molar-refractivity contribution in [2.45, 2.75) is 17.4 Å². The first-order valence-electron chi connectivity index (χ1n) is 9.55. The lowest BCUT2D eigenvalue weighted by Crippen LogP contribution is -2.49. The van der Waals surface area contributed by atoms with E-state index in [1.54, 1.807) is 0 Å². The standard InChI is InChI=1S/C18H18F6N6O3S/c19-17(20,21)10-29-3-5-30(6-4-29)15-13(7-11(9-27-15)18(22,23)24)16(31)28-12-1-2-26-14(8-12)34(25,32)33/h1-2,7-9H,3-6,10H2,(H2,25,32,33)(H,26,28,31). The van der Waals surface area contributed by atoms with E-state index in [4.69, 9.17) is 5.14 Å². The van der Waals surface area contributed by atoms with Crippen LogP contribution in [0.15, 0.2) is 35.6 Å². The number of carbonyl (C=O) groups is 1. The van der Waals surface area contributed by atoms with Crippen LogP contribution < -0.4 is 15.4 Å². The molecule has 2 aromatic heterocycles. The largest absolute Gasteiger partial charge is 0.417 e. The van der Waals surface area contributed by atoms with E-state index in [1.165, 1.54) is 11.0 Å². The van der Waals surface area contributed by atoms with Gasteiger partial charge in [-0.25, -0.2) is 23.5 Å². The van der Waals surface area contributed by atoms with Crippen LogP contribution in [-0.4, -0.2) is 68.1 Å². The Balaban J connectivity index is 1.89. The molecule has 1 amide bonds. The zero-order chi connectivity index (χ0) is 25.3. The molecule has 2 aromatic rings. The molecule has 1 aliphatic heterocycles. The van der Waals surface area contributed by atoms with Crippen molar-refractivity contribution < 1.29 is 39.6 Å². The number of primary sulfonamides is 1. The van der Waals surface area contributed by atoms with Gasteiger partial charge in [0.2, 0.25) is 0 Å². The number of pyridine rings is 2. The van der Waals surface area contributed by atoms with E-state index in [0.29, 0.717) is 12.3 Å². The molecule has 3 rings (SSSR count). The van der Waals surface area contributed by atoms with Gasteiger partial charge < -0.3 is 10.2 Å². The predicted octanol–water partition coefficient (Wildman–Crippen LogP) is 2.08. The number of halogens is 6. The third-order valence-corrected chi connectivity index (χ3v) is 5.60. The molecule has 3 heterocycles. The van der Waals surface area contributed by atoms with E-state index in [0.717, 1.165) is 17.2 Å². The predicted molar refractivity (Wildman–Crippen MR) is 108 cm³/mol. The van der Waals surface area contributed by atoms with Gasteiger partial charge >= 0.3 is 12.4 Å². The quantitative estimate of drug-likeness (QED) is 0.589. The van der Waals surface area contributed by atoms with E-state index in [1.807, 2.05) is 0 Å². The maximum absolute atomic E-state index is 13.2. The van der Waals surface area contributed by atoms with Gasteiger partial charge in [-0.1, -0.05) is 0 Å². The monoisotopic (exact) mass is 512 g/mol. The molecule has 34 heavy (non-hydrogen) atoms. The SMILES string of the molecule is NS(=O)(=O)c1cc(NC(=O)c2cc(C(F)(F)F)cnc2N2CCN(CC(F)(F)F)CC2)ccn1. The lowest BCUT2D eigenvalue weighted by atomic mass is 10.1. The lowest BCUT2D eigenvalue weighted by molar-refractivity contribution is -0.146. The number of nitrogens with zero attached hydrogens (tertiary/aromatic N) is 4. The Morgan fingerprint density at radius 2 is 1.71 bits per heavy atom. The minimum absolute atomic E-state index is 0.0143. The molecule has 0 saturated carbocycles. The van der Waals surface area contributed by atoms with Gasteiger partial charge in [0.25, 0.3) is 15.9 Å². The molecule has 9 nitrogen and oxygen atoms in total. The fraction of sp³-hybridized carbons (Fsp3) is 0.389. The number of alkyl halides is 6. The van der Waals surface area contributed by atoms with Gasteiger partial charge in [-0.2, -0.15) is 26.3 Å². The highest BCUT2D eigenvalue weighted by Crippen LogP contribution is 2.32. The van der Waals surface area contributed by atoms with Crippen molar-refractivity contribution in [3.63, 3.8) is 0 Å². The summed E-state index contributed by atoms with van der Waals surface area (Å²) in [6, 6.07) is 2.69. The fourth-order valence-electron chi connectivity index (χ4n) is 3.24. The average Bonchev–Trinajstić information content (AvgIpc) is 2.72. The summed E-state index contributed by atoms with van der Waals surface area (Å²) in [6.07, 6.45) is -7.66. The highest BCUT2D eigenvalue weighted by atomic mass is 32.2. The van der Waals surface area contributed by atoms with Gasteiger partial charge in [-0.3, -0.25) is 9.69 Å². The summed E-state index contributed by atoms with van der Waals surface area (Å²) in [5, 5.41) is 6.69. The van der Waals surface area contributed by atoms with Crippen LogP contribution in [0.1, 0.15) is 15.9 Å². The first kappa shape index (κ1) is 25.6. The zero-order valence-corrected chi connectivity index (χ0v) is 18.0. The number of carbonyl (C=O) groups excluding carboxylic acids is 1. The van der Waals surface area contributed by atoms with E-state index in [-0.39, 0.29) is 37.7 Å². The molecule has 186 valence electrons. The highest BCUT2D eigenvalue weighted by Gasteiger charge is 2.35. The van der Waals surface area contributed by atoms with E-state index >= 15 is 0 Å². The Bertz CT molecular complexity index is 1160. The number of hydrogen-bond acceptors (Lipinski definition) is 7. The van der Waals surface area contributed by atoms with Gasteiger partial charge in [-0.15, -0.1) is 0 Å². The number of nitrogens with two attached hydrogens (primary N) is 1. The smallest absolute Gasteiger partial charge is 0.353 e. The molecular formula is C18H18F6N6O3S. The number of rotatable bonds is 5. The minimum atomic E-state index is -4.82. The maximum Gasteiger partial charge on any atom is 0.417 e. The maximum atomic E-state index is 13.2. The van der Waals surface area contributed by atoms with Crippen LogP contribution in [0, 0.1) is 0 Å². The Morgan fingerprint density at radius 1 is 1.06 bits per heavy atom. The van der Waals surface area contributed by atoms with Gasteiger partial charge in [0.1, 0.15) is 5.82 Å². The normalized spacial score (nSPS) is 15.9. The number of aromatic nitrogens is 2. The Kier molecular flexibility index (Phi) is 7.05. The molecule has 1 aliphatic rings. The van der Waals surface area contributed by atoms with E-state index < -0.39 is 51.0 Å². The molecule has 0 spiro atoms. The lowest BCUT2D eigenvalue weighted by Gasteiger charge is -2.36. The highest BCUT2D eigenvalue weighted by molar-refractivity contribution is 7.89. The Labute approximate surface area is 189 Å². The van der Waals surface area contributed by atoms with Crippen LogP contribution in [0.2, 0.25) is 0 Å². The molecule has 0 atom stereocenters. The van der Waals surface area contributed by atoms with E-state index in [2.05, 4.69) is 15.3 Å². The van der Waals surface area contributed by atoms with Crippen molar-refractivity contribution in [2.75, 3.05) is 42.9 Å². The molecule has 1 fully saturated rings. The van der Waals surface area contributed by atoms with Crippen molar-refractivity contribution in [3.05, 3.63) is 41.7 Å². The van der Waals surface area contributed by atoms with Crippen molar-refractivity contribution in [2.24, 2.45) is 5.14 Å². The van der Waals surface area contributed by atoms with Crippen molar-refractivity contribution in [3.8, 4) is 0 Å². The van der Waals surface area contributed by atoms with Crippen LogP contribution in [0.3, 0.4) is 0 Å². The third kappa shape index (κ3) is 6.54. The zero-order valence-electron chi connectivity index (χ0n) is 17.2. The second-order valence-corrected chi connectivity index (χ2v) is 8.86. The molecule has 16 heteroatoms. The third-order valence-electron chi connectivity index (χ3n) is 4.80. The van der Waals surface area contributed by atoms with Crippen LogP contribution >= 0.6 is 0 Å². The van der Waals surface area contributed by atoms with Crippen molar-refractivity contribution in [1.29, 1.82) is 0 Å². The Hall–Kier alpha value is -2.98. The van der Waals surface area contributed by atoms with E-state index in [9.17, 15) is 39.6 Å². The second-order valence-electron chi connectivity index (χ2n) is 7.35. The molecule has 0 unspecified atom stereocenters. The number of hydrogen-bond donors (Lipinski definition) is 2. The molecule has 0 aromatic carbocycles. The van der Waals surface area contributed by atoms with Crippen LogP contribution in [-0.2, 0) is 16.2 Å². The van der Waals surface area contributed by atoms with Crippen molar-refractivity contribution in [1.82, 2.24) is 14.9 Å². The summed E-state index contributed by atoms with van der Waals surface area (Å²) in [5.74, 6) is -1.20. The summed E-state index contributed by atoms with van der Waals surface area (Å²) in [5.41, 5.74) is -1.81. The number of anilines is 2. The van der Waals surface area contributed by atoms with Crippen LogP contribution in [0.4, 0.5) is 37.8 Å². The molecule has 3 N–H and O–H groups in total. The summed E-state index contributed by atoms with van der Waals surface area (Å²) < 4.78 is 100. The Morgan fingerprint density at radius 3 is 2.26 bits per heavy atom. The molecule has 0 aliphatic carbocycles. The van der Waals surface area contributed by atoms with Crippen LogP contribution in [0.5, 0.6) is 0 Å². The molecule has 1 saturated heterocycles. The summed E-state index contributed by atoms with van der Waals surface area (Å²) >= 11 is 0. The molecule has 0 bridgehead atoms. The number of sulfonamides is 1. The first-order chi connectivity index (χ1) is 15.6. The number of amides is 1. The van der Waals surface area contributed by atoms with Gasteiger partial charge in [0.15, 0.2) is 5.03 Å². The summed E-state index contributed by atoms with van der Waals surface area (Å²) in [4.78, 5) is 22.7. The van der Waals surface area contributed by atoms with Crippen LogP contribution in [0.25, 0.3) is 0 Å². The average molecular weight is 512 g/mol. The minimum Gasteiger partial charge on any atom is -0.353 e. The first-order valence-corrected chi connectivity index (χ1v) is 11.1. The van der Waals surface area contributed by atoms with Crippen molar-refractivity contribution >= 4 is 27.4 Å². The fourth-order valence-corrected chi connectivity index (χ4v) is 3.74. The number of piperazine rings is 1. The topological polar surface area (TPSA) is 122 Å².